The molecular weight excluding hydrogens is 1000 g/mol. The predicted molar refractivity (Wildman–Crippen MR) is 341 cm³/mol. The van der Waals surface area contributed by atoms with E-state index in [0.29, 0.717) is 23.9 Å². The molecule has 0 spiro atoms. The SMILES string of the molecule is CC/C=C\C/C=C\C/C=C\C/C=C\C/C=C\C/C=C\CCCCCCC(=O)NC(COP(=O)(O)OCC[N+](C)(C)C)C(/C=C\CCCCCCCCCCC)OC(=O)CCCCCCCCCCC/C=C/CCCCCCCC. The number of carbonyl (C=O) groups is 2. The van der Waals surface area contributed by atoms with Gasteiger partial charge >= 0.3 is 13.8 Å². The Bertz CT molecular complexity index is 1670. The highest BCUT2D eigenvalue weighted by Gasteiger charge is 2.30. The number of hydrogen-bond acceptors (Lipinski definition) is 6. The number of likely N-dealkylation sites (N-methyl/N-ethyl adjacent to an activating group) is 1. The summed E-state index contributed by atoms with van der Waals surface area (Å²) in [4.78, 5) is 37.8. The quantitative estimate of drug-likeness (QED) is 0.0205. The number of rotatable bonds is 58. The maximum Gasteiger partial charge on any atom is 0.472 e. The molecule has 1 amide bonds. The summed E-state index contributed by atoms with van der Waals surface area (Å²) >= 11 is 0. The normalized spacial score (nSPS) is 14.3. The fourth-order valence-electron chi connectivity index (χ4n) is 9.00. The topological polar surface area (TPSA) is 111 Å². The molecule has 2 N–H and O–H groups in total. The molecule has 9 nitrogen and oxygen atoms in total. The zero-order chi connectivity index (χ0) is 57.9. The molecule has 0 aromatic rings. The van der Waals surface area contributed by atoms with Gasteiger partial charge in [0.1, 0.15) is 19.3 Å². The second kappa shape index (κ2) is 58.1. The van der Waals surface area contributed by atoms with Crippen molar-refractivity contribution in [1.82, 2.24) is 5.32 Å². The van der Waals surface area contributed by atoms with E-state index in [-0.39, 0.29) is 31.5 Å². The lowest BCUT2D eigenvalue weighted by Crippen LogP contribution is -2.47. The standard InChI is InChI=1S/C69H123N2O7P/c1-7-10-13-16-19-22-25-27-29-31-33-34-35-36-38-39-41-43-46-49-52-55-58-61-68(72)70-66(65-77-79(74,75)76-64-63-71(4,5)6)67(60-57-54-51-48-45-24-21-18-15-12-9-3)78-69(73)62-59-56-53-50-47-44-42-40-37-32-30-28-26-23-20-17-14-11-8-2/h10,13,19,22,27-30,33-34,36,38,41,43,57,60,66-67H,7-9,11-12,14-18,20-21,23-26,31-32,35,37,39-40,42,44-56,58-59,61-65H2,1-6H3,(H-,70,72,74,75)/p+1/b13-10-,22-19-,29-27-,30-28+,34-33-,38-36-,43-41-,60-57-. The van der Waals surface area contributed by atoms with Crippen molar-refractivity contribution < 1.29 is 37.3 Å². The summed E-state index contributed by atoms with van der Waals surface area (Å²) in [6.07, 6.45) is 78.4. The zero-order valence-electron chi connectivity index (χ0n) is 52.1. The summed E-state index contributed by atoms with van der Waals surface area (Å²) in [5, 5.41) is 3.04. The van der Waals surface area contributed by atoms with E-state index in [0.717, 1.165) is 103 Å². The van der Waals surface area contributed by atoms with Crippen molar-refractivity contribution >= 4 is 19.7 Å². The number of carbonyl (C=O) groups excluding carboxylic acids is 2. The lowest BCUT2D eigenvalue weighted by Gasteiger charge is -2.27. The van der Waals surface area contributed by atoms with Crippen molar-refractivity contribution in [1.29, 1.82) is 0 Å². The average molecular weight is 1120 g/mol. The number of phosphoric ester groups is 1. The van der Waals surface area contributed by atoms with E-state index in [1.807, 2.05) is 33.3 Å². The number of nitrogens with zero attached hydrogens (tertiary/aromatic N) is 1. The van der Waals surface area contributed by atoms with Crippen LogP contribution >= 0.6 is 7.82 Å². The Morgan fingerprint density at radius 2 is 0.810 bits per heavy atom. The molecule has 0 rings (SSSR count). The van der Waals surface area contributed by atoms with E-state index in [9.17, 15) is 19.0 Å². The highest BCUT2D eigenvalue weighted by atomic mass is 31.2. The molecule has 456 valence electrons. The van der Waals surface area contributed by atoms with E-state index < -0.39 is 20.0 Å². The van der Waals surface area contributed by atoms with Gasteiger partial charge in [-0.3, -0.25) is 18.6 Å². The number of amides is 1. The van der Waals surface area contributed by atoms with Crippen molar-refractivity contribution in [3.8, 4) is 0 Å². The number of quaternary nitrogens is 1. The minimum absolute atomic E-state index is 0.0305. The number of allylic oxidation sites excluding steroid dienone is 15. The van der Waals surface area contributed by atoms with Gasteiger partial charge in [0.25, 0.3) is 0 Å². The molecule has 10 heteroatoms. The van der Waals surface area contributed by atoms with Crippen LogP contribution in [0.2, 0.25) is 0 Å². The van der Waals surface area contributed by atoms with Gasteiger partial charge in [-0.2, -0.15) is 0 Å². The smallest absolute Gasteiger partial charge is 0.456 e. The van der Waals surface area contributed by atoms with Gasteiger partial charge in [0, 0.05) is 12.8 Å². The third-order valence-corrected chi connectivity index (χ3v) is 15.0. The third-order valence-electron chi connectivity index (χ3n) is 14.0. The molecule has 0 aliphatic heterocycles. The van der Waals surface area contributed by atoms with E-state index >= 15 is 0 Å². The first-order valence-corrected chi connectivity index (χ1v) is 34.1. The second-order valence-electron chi connectivity index (χ2n) is 22.9. The Balaban J connectivity index is 5.22. The molecule has 0 aliphatic carbocycles. The number of unbranched alkanes of at least 4 members (excludes halogenated alkanes) is 28. The number of esters is 1. The first-order valence-electron chi connectivity index (χ1n) is 32.6. The first-order chi connectivity index (χ1) is 38.4. The number of nitrogens with one attached hydrogen (secondary N) is 1. The summed E-state index contributed by atoms with van der Waals surface area (Å²) in [6, 6.07) is -0.868. The summed E-state index contributed by atoms with van der Waals surface area (Å²) in [7, 11) is 1.47. The predicted octanol–water partition coefficient (Wildman–Crippen LogP) is 20.3. The third kappa shape index (κ3) is 59.4. The van der Waals surface area contributed by atoms with Crippen LogP contribution in [0.3, 0.4) is 0 Å². The minimum atomic E-state index is -4.46. The van der Waals surface area contributed by atoms with Crippen molar-refractivity contribution in [2.24, 2.45) is 0 Å². The lowest BCUT2D eigenvalue weighted by molar-refractivity contribution is -0.870. The molecule has 0 fully saturated rings. The van der Waals surface area contributed by atoms with Crippen LogP contribution in [0, 0.1) is 0 Å². The molecule has 0 bridgehead atoms. The molecule has 0 aromatic heterocycles. The molecule has 79 heavy (non-hydrogen) atoms. The Morgan fingerprint density at radius 1 is 0.456 bits per heavy atom. The van der Waals surface area contributed by atoms with Crippen LogP contribution in [0.4, 0.5) is 0 Å². The first kappa shape index (κ1) is 75.9. The molecule has 0 radical (unpaired) electrons. The summed E-state index contributed by atoms with van der Waals surface area (Å²) in [5.41, 5.74) is 0. The largest absolute Gasteiger partial charge is 0.472 e. The number of ether oxygens (including phenoxy) is 1. The molecule has 0 aliphatic rings. The van der Waals surface area contributed by atoms with Crippen molar-refractivity contribution in [2.45, 2.75) is 290 Å². The molecule has 0 saturated heterocycles. The molecule has 3 unspecified atom stereocenters. The Hall–Kier alpha value is -3.07. The van der Waals surface area contributed by atoms with Crippen LogP contribution in [0.25, 0.3) is 0 Å². The second-order valence-corrected chi connectivity index (χ2v) is 24.4. The number of hydrogen-bond donors (Lipinski definition) is 2. The van der Waals surface area contributed by atoms with Gasteiger partial charge in [0.05, 0.1) is 33.8 Å². The van der Waals surface area contributed by atoms with Crippen LogP contribution in [0.1, 0.15) is 278 Å². The lowest BCUT2D eigenvalue weighted by atomic mass is 10.0. The van der Waals surface area contributed by atoms with E-state index in [4.69, 9.17) is 13.8 Å². The van der Waals surface area contributed by atoms with Gasteiger partial charge < -0.3 is 19.4 Å². The van der Waals surface area contributed by atoms with Crippen LogP contribution in [0.15, 0.2) is 97.2 Å². The van der Waals surface area contributed by atoms with Crippen LogP contribution in [-0.4, -0.2) is 74.3 Å². The Labute approximate surface area is 488 Å². The van der Waals surface area contributed by atoms with E-state index in [1.54, 1.807) is 0 Å². The zero-order valence-corrected chi connectivity index (χ0v) is 53.0. The van der Waals surface area contributed by atoms with Gasteiger partial charge in [-0.15, -0.1) is 0 Å². The molecule has 3 atom stereocenters. The van der Waals surface area contributed by atoms with Gasteiger partial charge in [-0.05, 0) is 109 Å². The fourth-order valence-corrected chi connectivity index (χ4v) is 9.73. The number of phosphoric acid groups is 1. The van der Waals surface area contributed by atoms with Gasteiger partial charge in [-0.25, -0.2) is 4.57 Å². The van der Waals surface area contributed by atoms with Gasteiger partial charge in [-0.1, -0.05) is 253 Å². The van der Waals surface area contributed by atoms with Gasteiger partial charge in [0.15, 0.2) is 0 Å². The van der Waals surface area contributed by atoms with Crippen LogP contribution in [0.5, 0.6) is 0 Å². The molecule has 0 heterocycles. The van der Waals surface area contributed by atoms with Crippen molar-refractivity contribution in [3.63, 3.8) is 0 Å². The highest BCUT2D eigenvalue weighted by Crippen LogP contribution is 2.43. The average Bonchev–Trinajstić information content (AvgIpc) is 3.41. The van der Waals surface area contributed by atoms with Crippen molar-refractivity contribution in [3.05, 3.63) is 97.2 Å². The molecular formula is C69H124N2O7P+. The minimum Gasteiger partial charge on any atom is -0.456 e. The fraction of sp³-hybridized carbons (Fsp3) is 0.739. The van der Waals surface area contributed by atoms with E-state index in [1.165, 1.54) is 135 Å². The Kier molecular flexibility index (Phi) is 55.9. The molecule has 0 aromatic carbocycles. The van der Waals surface area contributed by atoms with Crippen molar-refractivity contribution in [2.75, 3.05) is 40.9 Å². The summed E-state index contributed by atoms with van der Waals surface area (Å²) < 4.78 is 30.7. The van der Waals surface area contributed by atoms with Crippen LogP contribution < -0.4 is 5.32 Å². The van der Waals surface area contributed by atoms with E-state index in [2.05, 4.69) is 111 Å². The maximum absolute atomic E-state index is 13.6. The van der Waals surface area contributed by atoms with Crippen LogP contribution in [-0.2, 0) is 27.9 Å². The monoisotopic (exact) mass is 1120 g/mol. The Morgan fingerprint density at radius 3 is 1.23 bits per heavy atom. The van der Waals surface area contributed by atoms with Gasteiger partial charge in [0.2, 0.25) is 5.91 Å². The maximum atomic E-state index is 13.6. The summed E-state index contributed by atoms with van der Waals surface area (Å²) in [5.74, 6) is -0.537. The highest BCUT2D eigenvalue weighted by molar-refractivity contribution is 7.47. The molecule has 0 saturated carbocycles. The summed E-state index contributed by atoms with van der Waals surface area (Å²) in [6.45, 7) is 6.87.